The van der Waals surface area contributed by atoms with Gasteiger partial charge in [-0.25, -0.2) is 9.67 Å². The summed E-state index contributed by atoms with van der Waals surface area (Å²) < 4.78 is 48.1. The quantitative estimate of drug-likeness (QED) is 0.515. The Balaban J connectivity index is 1.63. The van der Waals surface area contributed by atoms with Gasteiger partial charge in [-0.15, -0.1) is 0 Å². The fourth-order valence-corrected chi connectivity index (χ4v) is 3.99. The Morgan fingerprint density at radius 2 is 1.88 bits per heavy atom. The summed E-state index contributed by atoms with van der Waals surface area (Å²) in [7, 11) is 1.69. The van der Waals surface area contributed by atoms with Crippen molar-refractivity contribution in [2.75, 3.05) is 6.54 Å². The van der Waals surface area contributed by atoms with Gasteiger partial charge in [-0.2, -0.15) is 18.3 Å². The molecule has 10 heteroatoms. The summed E-state index contributed by atoms with van der Waals surface area (Å²) in [6, 6.07) is 9.85. The van der Waals surface area contributed by atoms with E-state index in [1.165, 1.54) is 16.8 Å². The molecule has 7 nitrogen and oxygen atoms in total. The fourth-order valence-electron chi connectivity index (χ4n) is 3.99. The first kappa shape index (κ1) is 20.1. The van der Waals surface area contributed by atoms with Crippen LogP contribution in [0.5, 0.6) is 11.6 Å². The number of ether oxygens (including phenoxy) is 1. The SMILES string of the molecule is Cc1nn(C)c(Oc2ccc(C(F)(F)F)cc2)c1-c1nc2cccc3c2n1CCNC3=O. The number of nitrogens with one attached hydrogen (secondary N) is 1. The number of aryl methyl sites for hydroxylation is 2. The van der Waals surface area contributed by atoms with Gasteiger partial charge in [0.25, 0.3) is 5.91 Å². The molecular weight excluding hydrogens is 423 g/mol. The maximum Gasteiger partial charge on any atom is 0.416 e. The molecule has 5 rings (SSSR count). The molecule has 32 heavy (non-hydrogen) atoms. The minimum Gasteiger partial charge on any atom is -0.439 e. The summed E-state index contributed by atoms with van der Waals surface area (Å²) in [6.45, 7) is 2.74. The predicted molar refractivity (Wildman–Crippen MR) is 111 cm³/mol. The molecular formula is C22H18F3N5O2. The monoisotopic (exact) mass is 441 g/mol. The van der Waals surface area contributed by atoms with E-state index in [4.69, 9.17) is 9.72 Å². The van der Waals surface area contributed by atoms with Crippen LogP contribution < -0.4 is 10.1 Å². The van der Waals surface area contributed by atoms with Crippen LogP contribution in [0.15, 0.2) is 42.5 Å². The van der Waals surface area contributed by atoms with Crippen molar-refractivity contribution in [3.8, 4) is 23.0 Å². The number of nitrogens with zero attached hydrogens (tertiary/aromatic N) is 4. The van der Waals surface area contributed by atoms with Gasteiger partial charge in [0.2, 0.25) is 5.88 Å². The normalized spacial score (nSPS) is 13.8. The number of alkyl halides is 3. The van der Waals surface area contributed by atoms with Gasteiger partial charge < -0.3 is 14.6 Å². The van der Waals surface area contributed by atoms with E-state index in [1.54, 1.807) is 19.2 Å². The Morgan fingerprint density at radius 1 is 1.12 bits per heavy atom. The van der Waals surface area contributed by atoms with E-state index in [-0.39, 0.29) is 11.7 Å². The van der Waals surface area contributed by atoms with Gasteiger partial charge in [-0.05, 0) is 43.3 Å². The number of aromatic nitrogens is 4. The minimum atomic E-state index is -4.42. The summed E-state index contributed by atoms with van der Waals surface area (Å²) >= 11 is 0. The molecule has 0 bridgehead atoms. The molecule has 1 aliphatic rings. The number of halogens is 3. The molecule has 4 aromatic rings. The number of amides is 1. The Morgan fingerprint density at radius 3 is 2.59 bits per heavy atom. The highest BCUT2D eigenvalue weighted by Crippen LogP contribution is 2.38. The first-order valence-corrected chi connectivity index (χ1v) is 9.90. The van der Waals surface area contributed by atoms with E-state index in [0.29, 0.717) is 47.1 Å². The van der Waals surface area contributed by atoms with E-state index in [1.807, 2.05) is 17.6 Å². The zero-order valence-electron chi connectivity index (χ0n) is 17.2. The molecule has 0 unspecified atom stereocenters. The molecule has 1 amide bonds. The van der Waals surface area contributed by atoms with Gasteiger partial charge >= 0.3 is 6.18 Å². The molecule has 0 fully saturated rings. The van der Waals surface area contributed by atoms with Crippen LogP contribution in [0.3, 0.4) is 0 Å². The van der Waals surface area contributed by atoms with Crippen LogP contribution in [-0.2, 0) is 19.8 Å². The predicted octanol–water partition coefficient (Wildman–Crippen LogP) is 4.30. The second-order valence-corrected chi connectivity index (χ2v) is 7.53. The van der Waals surface area contributed by atoms with Crippen molar-refractivity contribution in [2.45, 2.75) is 19.6 Å². The Kier molecular flexibility index (Phi) is 4.47. The number of hydrogen-bond donors (Lipinski definition) is 1. The highest BCUT2D eigenvalue weighted by molar-refractivity contribution is 6.06. The summed E-state index contributed by atoms with van der Waals surface area (Å²) in [5.74, 6) is 1.01. The lowest BCUT2D eigenvalue weighted by Gasteiger charge is -2.12. The summed E-state index contributed by atoms with van der Waals surface area (Å²) in [5, 5.41) is 7.32. The van der Waals surface area contributed by atoms with Crippen molar-refractivity contribution in [3.05, 3.63) is 59.3 Å². The fraction of sp³-hybridized carbons (Fsp3) is 0.227. The lowest BCUT2D eigenvalue weighted by molar-refractivity contribution is -0.137. The largest absolute Gasteiger partial charge is 0.439 e. The summed E-state index contributed by atoms with van der Waals surface area (Å²) in [4.78, 5) is 17.2. The Labute approximate surface area is 180 Å². The molecule has 0 spiro atoms. The van der Waals surface area contributed by atoms with E-state index in [0.717, 1.165) is 17.6 Å². The third-order valence-electron chi connectivity index (χ3n) is 5.42. The van der Waals surface area contributed by atoms with Crippen LogP contribution in [0.1, 0.15) is 21.6 Å². The standard InChI is InChI=1S/C22H18F3N5O2/c1-12-17(19-27-16-5-3-4-15-18(16)30(19)11-10-26-20(15)31)21(29(2)28-12)32-14-8-6-13(7-9-14)22(23,24)25/h3-9H,10-11H2,1-2H3,(H,26,31). The van der Waals surface area contributed by atoms with Crippen molar-refractivity contribution in [2.24, 2.45) is 7.05 Å². The number of carbonyl (C=O) groups is 1. The molecule has 0 radical (unpaired) electrons. The van der Waals surface area contributed by atoms with Crippen molar-refractivity contribution in [3.63, 3.8) is 0 Å². The molecule has 0 saturated carbocycles. The van der Waals surface area contributed by atoms with Gasteiger partial charge in [0.1, 0.15) is 17.1 Å². The van der Waals surface area contributed by atoms with Gasteiger partial charge in [0.05, 0.1) is 27.9 Å². The lowest BCUT2D eigenvalue weighted by atomic mass is 10.1. The molecule has 2 aromatic carbocycles. The van der Waals surface area contributed by atoms with Crippen LogP contribution in [-0.4, -0.2) is 31.8 Å². The van der Waals surface area contributed by atoms with Gasteiger partial charge in [-0.1, -0.05) is 6.07 Å². The topological polar surface area (TPSA) is 74.0 Å². The van der Waals surface area contributed by atoms with E-state index < -0.39 is 11.7 Å². The lowest BCUT2D eigenvalue weighted by Crippen LogP contribution is -2.24. The average Bonchev–Trinajstić information content (AvgIpc) is 3.16. The Bertz CT molecular complexity index is 1350. The van der Waals surface area contributed by atoms with Crippen LogP contribution in [0, 0.1) is 6.92 Å². The molecule has 3 heterocycles. The smallest absolute Gasteiger partial charge is 0.416 e. The van der Waals surface area contributed by atoms with E-state index in [2.05, 4.69) is 10.4 Å². The van der Waals surface area contributed by atoms with Crippen molar-refractivity contribution in [1.29, 1.82) is 0 Å². The minimum absolute atomic E-state index is 0.162. The van der Waals surface area contributed by atoms with Gasteiger partial charge in [-0.3, -0.25) is 4.79 Å². The molecule has 164 valence electrons. The highest BCUT2D eigenvalue weighted by Gasteiger charge is 2.31. The van der Waals surface area contributed by atoms with Crippen LogP contribution in [0.2, 0.25) is 0 Å². The molecule has 1 aliphatic heterocycles. The van der Waals surface area contributed by atoms with Gasteiger partial charge in [0, 0.05) is 20.1 Å². The number of carbonyl (C=O) groups excluding carboxylic acids is 1. The number of rotatable bonds is 3. The van der Waals surface area contributed by atoms with E-state index >= 15 is 0 Å². The van der Waals surface area contributed by atoms with Crippen LogP contribution >= 0.6 is 0 Å². The number of hydrogen-bond acceptors (Lipinski definition) is 4. The van der Waals surface area contributed by atoms with Crippen molar-refractivity contribution >= 4 is 16.9 Å². The molecule has 0 atom stereocenters. The second kappa shape index (κ2) is 7.11. The van der Waals surface area contributed by atoms with Crippen LogP contribution in [0.25, 0.3) is 22.4 Å². The molecule has 0 aliphatic carbocycles. The molecule has 0 saturated heterocycles. The number of benzene rings is 2. The van der Waals surface area contributed by atoms with Crippen molar-refractivity contribution < 1.29 is 22.7 Å². The van der Waals surface area contributed by atoms with Crippen molar-refractivity contribution in [1.82, 2.24) is 24.6 Å². The number of imidazole rings is 1. The maximum absolute atomic E-state index is 12.9. The third kappa shape index (κ3) is 3.19. The van der Waals surface area contributed by atoms with E-state index in [9.17, 15) is 18.0 Å². The van der Waals surface area contributed by atoms with Crippen LogP contribution in [0.4, 0.5) is 13.2 Å². The zero-order chi connectivity index (χ0) is 22.6. The molecule has 1 N–H and O–H groups in total. The maximum atomic E-state index is 12.9. The Hall–Kier alpha value is -3.82. The number of para-hydroxylation sites is 1. The first-order chi connectivity index (χ1) is 15.2. The third-order valence-corrected chi connectivity index (χ3v) is 5.42. The van der Waals surface area contributed by atoms with Gasteiger partial charge in [0.15, 0.2) is 0 Å². The second-order valence-electron chi connectivity index (χ2n) is 7.53. The first-order valence-electron chi connectivity index (χ1n) is 9.90. The highest BCUT2D eigenvalue weighted by atomic mass is 19.4. The summed E-state index contributed by atoms with van der Waals surface area (Å²) in [5.41, 5.74) is 2.43. The molecule has 2 aromatic heterocycles. The summed E-state index contributed by atoms with van der Waals surface area (Å²) in [6.07, 6.45) is -4.42. The average molecular weight is 441 g/mol. The zero-order valence-corrected chi connectivity index (χ0v) is 17.2.